The van der Waals surface area contributed by atoms with E-state index in [4.69, 9.17) is 0 Å². The van der Waals surface area contributed by atoms with Crippen LogP contribution in [0, 0.1) is 0 Å². The average Bonchev–Trinajstić information content (AvgIpc) is 2.39. The fourth-order valence-corrected chi connectivity index (χ4v) is 2.83. The van der Waals surface area contributed by atoms with Crippen LogP contribution < -0.4 is 5.32 Å². The first kappa shape index (κ1) is 14.0. The van der Waals surface area contributed by atoms with Crippen LogP contribution in [0.3, 0.4) is 0 Å². The van der Waals surface area contributed by atoms with Gasteiger partial charge in [0, 0.05) is 19.0 Å². The minimum absolute atomic E-state index is 0.0991. The Labute approximate surface area is 114 Å². The summed E-state index contributed by atoms with van der Waals surface area (Å²) < 4.78 is 1.15. The number of likely N-dealkylation sites (tertiary alicyclic amines) is 1. The Morgan fingerprint density at radius 2 is 1.89 bits per heavy atom. The van der Waals surface area contributed by atoms with Gasteiger partial charge in [-0.1, -0.05) is 0 Å². The average molecular weight is 263 g/mol. The summed E-state index contributed by atoms with van der Waals surface area (Å²) in [5, 5.41) is 3.09. The maximum Gasteiger partial charge on any atom is 0.201 e. The number of piperidine rings is 1. The summed E-state index contributed by atoms with van der Waals surface area (Å²) in [4.78, 5) is 22.7. The van der Waals surface area contributed by atoms with Gasteiger partial charge < -0.3 is 9.80 Å². The minimum Gasteiger partial charge on any atom is -0.382 e. The minimum atomic E-state index is -0.114. The Morgan fingerprint density at radius 3 is 2.63 bits per heavy atom. The van der Waals surface area contributed by atoms with Crippen LogP contribution in [0.15, 0.2) is 23.9 Å². The summed E-state index contributed by atoms with van der Waals surface area (Å²) >= 11 is 0. The van der Waals surface area contributed by atoms with E-state index >= 15 is 0 Å². The molecule has 4 heteroatoms. The SMILES string of the molecule is C[N+]1(CCCNC2=CC(=O)C=CC2=O)CCCCC1. The van der Waals surface area contributed by atoms with Crippen LogP contribution in [-0.2, 0) is 9.59 Å². The molecule has 0 bridgehead atoms. The number of nitrogens with one attached hydrogen (secondary N) is 1. The Kier molecular flexibility index (Phi) is 4.53. The monoisotopic (exact) mass is 263 g/mol. The molecule has 0 radical (unpaired) electrons. The Bertz CT molecular complexity index is 418. The number of hydrogen-bond acceptors (Lipinski definition) is 3. The zero-order valence-corrected chi connectivity index (χ0v) is 11.7. The fourth-order valence-electron chi connectivity index (χ4n) is 2.83. The molecule has 0 aromatic rings. The maximum atomic E-state index is 11.5. The van der Waals surface area contributed by atoms with E-state index in [0.717, 1.165) is 24.0 Å². The molecule has 0 amide bonds. The highest BCUT2D eigenvalue weighted by Crippen LogP contribution is 2.16. The van der Waals surface area contributed by atoms with Gasteiger partial charge in [0.2, 0.25) is 5.78 Å². The molecule has 1 heterocycles. The molecule has 4 nitrogen and oxygen atoms in total. The summed E-state index contributed by atoms with van der Waals surface area (Å²) in [6.45, 7) is 4.43. The lowest BCUT2D eigenvalue weighted by Gasteiger charge is -2.37. The predicted molar refractivity (Wildman–Crippen MR) is 74.5 cm³/mol. The van der Waals surface area contributed by atoms with Crippen molar-refractivity contribution in [3.8, 4) is 0 Å². The summed E-state index contributed by atoms with van der Waals surface area (Å²) in [7, 11) is 2.32. The molecule has 0 spiro atoms. The second-order valence-electron chi connectivity index (χ2n) is 5.79. The van der Waals surface area contributed by atoms with Gasteiger partial charge in [-0.25, -0.2) is 0 Å². The van der Waals surface area contributed by atoms with E-state index in [1.165, 1.54) is 50.6 Å². The van der Waals surface area contributed by atoms with E-state index in [9.17, 15) is 9.59 Å². The van der Waals surface area contributed by atoms with Gasteiger partial charge >= 0.3 is 0 Å². The van der Waals surface area contributed by atoms with Gasteiger partial charge in [0.1, 0.15) is 0 Å². The highest BCUT2D eigenvalue weighted by atomic mass is 16.1. The molecule has 2 aliphatic rings. The van der Waals surface area contributed by atoms with Gasteiger partial charge in [0.05, 0.1) is 32.4 Å². The van der Waals surface area contributed by atoms with Crippen molar-refractivity contribution < 1.29 is 14.1 Å². The second kappa shape index (κ2) is 6.15. The molecule has 0 aromatic carbocycles. The molecule has 1 saturated heterocycles. The highest BCUT2D eigenvalue weighted by molar-refractivity contribution is 6.16. The molecule has 1 aliphatic carbocycles. The molecule has 1 N–H and O–H groups in total. The molecule has 1 aliphatic heterocycles. The van der Waals surface area contributed by atoms with Crippen LogP contribution in [0.1, 0.15) is 25.7 Å². The van der Waals surface area contributed by atoms with E-state index < -0.39 is 0 Å². The Hall–Kier alpha value is -1.42. The number of carbonyl (C=O) groups is 2. The number of ketones is 2. The third-order valence-corrected chi connectivity index (χ3v) is 4.04. The molecule has 1 fully saturated rings. The normalized spacial score (nSPS) is 22.3. The third-order valence-electron chi connectivity index (χ3n) is 4.04. The summed E-state index contributed by atoms with van der Waals surface area (Å²) in [6, 6.07) is 0. The van der Waals surface area contributed by atoms with Crippen LogP contribution in [0.4, 0.5) is 0 Å². The number of hydrogen-bond donors (Lipinski definition) is 1. The summed E-state index contributed by atoms with van der Waals surface area (Å²) in [5.41, 5.74) is 0.439. The zero-order chi connectivity index (χ0) is 13.7. The Balaban J connectivity index is 1.72. The zero-order valence-electron chi connectivity index (χ0n) is 11.7. The van der Waals surface area contributed by atoms with E-state index in [0.29, 0.717) is 5.70 Å². The number of allylic oxidation sites excluding steroid dienone is 3. The van der Waals surface area contributed by atoms with Crippen molar-refractivity contribution in [2.45, 2.75) is 25.7 Å². The molecular weight excluding hydrogens is 240 g/mol. The van der Waals surface area contributed by atoms with Crippen LogP contribution in [-0.4, -0.2) is 49.3 Å². The second-order valence-corrected chi connectivity index (χ2v) is 5.79. The van der Waals surface area contributed by atoms with Gasteiger partial charge in [0.15, 0.2) is 5.78 Å². The molecule has 2 rings (SSSR count). The van der Waals surface area contributed by atoms with E-state index in [-0.39, 0.29) is 11.6 Å². The van der Waals surface area contributed by atoms with E-state index in [1.54, 1.807) is 0 Å². The Morgan fingerprint density at radius 1 is 1.16 bits per heavy atom. The van der Waals surface area contributed by atoms with Crippen molar-refractivity contribution in [1.29, 1.82) is 0 Å². The lowest BCUT2D eigenvalue weighted by molar-refractivity contribution is -0.914. The quantitative estimate of drug-likeness (QED) is 0.460. The number of carbonyl (C=O) groups excluding carboxylic acids is 2. The molecule has 0 saturated carbocycles. The predicted octanol–water partition coefficient (Wildman–Crippen LogP) is 1.19. The van der Waals surface area contributed by atoms with Gasteiger partial charge in [0.25, 0.3) is 0 Å². The number of quaternary nitrogens is 1. The van der Waals surface area contributed by atoms with Crippen LogP contribution in [0.5, 0.6) is 0 Å². The first-order valence-corrected chi connectivity index (χ1v) is 7.15. The van der Waals surface area contributed by atoms with Crippen molar-refractivity contribution in [2.24, 2.45) is 0 Å². The van der Waals surface area contributed by atoms with Gasteiger partial charge in [-0.2, -0.15) is 0 Å². The van der Waals surface area contributed by atoms with Crippen LogP contribution >= 0.6 is 0 Å². The first-order chi connectivity index (χ1) is 9.09. The summed E-state index contributed by atoms with van der Waals surface area (Å²) in [5.74, 6) is -0.213. The van der Waals surface area contributed by atoms with Crippen molar-refractivity contribution >= 4 is 11.6 Å². The third kappa shape index (κ3) is 4.03. The molecule has 0 unspecified atom stereocenters. The molecule has 0 aromatic heterocycles. The van der Waals surface area contributed by atoms with Crippen LogP contribution in [0.2, 0.25) is 0 Å². The molecule has 19 heavy (non-hydrogen) atoms. The number of rotatable bonds is 5. The van der Waals surface area contributed by atoms with Gasteiger partial charge in [-0.3, -0.25) is 9.59 Å². The van der Waals surface area contributed by atoms with Crippen molar-refractivity contribution in [1.82, 2.24) is 5.32 Å². The maximum absolute atomic E-state index is 11.5. The first-order valence-electron chi connectivity index (χ1n) is 7.15. The van der Waals surface area contributed by atoms with E-state index in [2.05, 4.69) is 12.4 Å². The van der Waals surface area contributed by atoms with Gasteiger partial charge in [-0.05, 0) is 31.4 Å². The molecular formula is C15H23N2O2+. The fraction of sp³-hybridized carbons (Fsp3) is 0.600. The lowest BCUT2D eigenvalue weighted by Crippen LogP contribution is -2.49. The molecule has 0 atom stereocenters. The van der Waals surface area contributed by atoms with Crippen molar-refractivity contribution in [3.63, 3.8) is 0 Å². The standard InChI is InChI=1S/C15H22N2O2/c1-17(9-3-2-4-10-17)11-5-8-16-14-12-13(18)6-7-15(14)19/h6-7,12H,2-5,8-11H2,1H3/p+1. The number of nitrogens with zero attached hydrogens (tertiary/aromatic N) is 1. The lowest BCUT2D eigenvalue weighted by atomic mass is 10.1. The van der Waals surface area contributed by atoms with E-state index in [1.807, 2.05) is 0 Å². The van der Waals surface area contributed by atoms with Crippen molar-refractivity contribution in [3.05, 3.63) is 23.9 Å². The smallest absolute Gasteiger partial charge is 0.201 e. The van der Waals surface area contributed by atoms with Crippen molar-refractivity contribution in [2.75, 3.05) is 33.2 Å². The topological polar surface area (TPSA) is 46.2 Å². The van der Waals surface area contributed by atoms with Gasteiger partial charge in [-0.15, -0.1) is 0 Å². The highest BCUT2D eigenvalue weighted by Gasteiger charge is 2.23. The largest absolute Gasteiger partial charge is 0.382 e. The molecule has 104 valence electrons. The van der Waals surface area contributed by atoms with Crippen LogP contribution in [0.25, 0.3) is 0 Å². The summed E-state index contributed by atoms with van der Waals surface area (Å²) in [6.07, 6.45) is 9.08.